The third-order valence-corrected chi connectivity index (χ3v) is 8.00. The molecule has 36 heavy (non-hydrogen) atoms. The molecule has 1 saturated heterocycles. The number of hydrogen-bond acceptors (Lipinski definition) is 4. The zero-order valence-electron chi connectivity index (χ0n) is 21.0. The fourth-order valence-corrected chi connectivity index (χ4v) is 5.82. The van der Waals surface area contributed by atoms with Crippen LogP contribution >= 0.6 is 11.6 Å². The molecule has 0 radical (unpaired) electrons. The molecule has 194 valence electrons. The monoisotopic (exact) mass is 513 g/mol. The molecule has 7 nitrogen and oxygen atoms in total. The number of nitrogens with one attached hydrogen (secondary N) is 1. The van der Waals surface area contributed by atoms with Gasteiger partial charge in [-0.3, -0.25) is 24.1 Å². The molecule has 1 saturated carbocycles. The lowest BCUT2D eigenvalue weighted by atomic mass is 9.85. The van der Waals surface area contributed by atoms with E-state index in [1.54, 1.807) is 17.0 Å². The molecule has 8 heteroatoms. The molecule has 4 amide bonds. The molecule has 2 fully saturated rings. The Bertz CT molecular complexity index is 977. The number of fused-ring (bicyclic) bond motifs is 1. The predicted octanol–water partition coefficient (Wildman–Crippen LogP) is 4.24. The van der Waals surface area contributed by atoms with Crippen molar-refractivity contribution >= 4 is 35.2 Å². The molecular formula is C28H36ClN3O4. The van der Waals surface area contributed by atoms with E-state index in [-0.39, 0.29) is 61.0 Å². The second-order valence-electron chi connectivity index (χ2n) is 10.1. The highest BCUT2D eigenvalue weighted by Gasteiger charge is 2.47. The maximum Gasteiger partial charge on any atom is 0.243 e. The van der Waals surface area contributed by atoms with Gasteiger partial charge in [0.2, 0.25) is 23.6 Å². The first kappa shape index (κ1) is 26.4. The number of imide groups is 1. The largest absolute Gasteiger partial charge is 0.352 e. The number of benzene rings is 1. The summed E-state index contributed by atoms with van der Waals surface area (Å²) in [5, 5.41) is 3.76. The van der Waals surface area contributed by atoms with Crippen LogP contribution in [0, 0.1) is 11.8 Å². The van der Waals surface area contributed by atoms with E-state index in [0.717, 1.165) is 31.2 Å². The molecule has 1 aromatic rings. The van der Waals surface area contributed by atoms with Gasteiger partial charge in [-0.15, -0.1) is 0 Å². The molecule has 1 unspecified atom stereocenters. The van der Waals surface area contributed by atoms with Gasteiger partial charge < -0.3 is 10.2 Å². The number of nitrogens with zero attached hydrogens (tertiary/aromatic N) is 2. The van der Waals surface area contributed by atoms with Crippen molar-refractivity contribution in [3.05, 3.63) is 47.0 Å². The number of hydrogen-bond donors (Lipinski definition) is 1. The minimum absolute atomic E-state index is 0.00878. The lowest BCUT2D eigenvalue weighted by Crippen LogP contribution is -2.52. The number of rotatable bonds is 9. The molecule has 1 aromatic carbocycles. The van der Waals surface area contributed by atoms with Crippen LogP contribution < -0.4 is 5.32 Å². The molecule has 0 spiro atoms. The zero-order valence-corrected chi connectivity index (χ0v) is 21.7. The molecule has 2 aliphatic carbocycles. The second kappa shape index (κ2) is 12.0. The van der Waals surface area contributed by atoms with E-state index in [0.29, 0.717) is 24.3 Å². The first-order valence-electron chi connectivity index (χ1n) is 13.2. The van der Waals surface area contributed by atoms with Crippen molar-refractivity contribution in [1.82, 2.24) is 15.1 Å². The van der Waals surface area contributed by atoms with Crippen molar-refractivity contribution in [2.45, 2.75) is 83.3 Å². The van der Waals surface area contributed by atoms with E-state index in [1.165, 1.54) is 11.3 Å². The smallest absolute Gasteiger partial charge is 0.243 e. The molecule has 3 atom stereocenters. The zero-order chi connectivity index (χ0) is 25.7. The Hall–Kier alpha value is -2.67. The minimum Gasteiger partial charge on any atom is -0.352 e. The summed E-state index contributed by atoms with van der Waals surface area (Å²) in [6.45, 7) is 2.20. The van der Waals surface area contributed by atoms with Crippen LogP contribution in [0.1, 0.15) is 70.3 Å². The van der Waals surface area contributed by atoms with Gasteiger partial charge in [0.05, 0.1) is 11.8 Å². The van der Waals surface area contributed by atoms with Gasteiger partial charge in [-0.25, -0.2) is 0 Å². The van der Waals surface area contributed by atoms with Gasteiger partial charge in [0, 0.05) is 30.6 Å². The van der Waals surface area contributed by atoms with Gasteiger partial charge in [-0.05, 0) is 49.8 Å². The lowest BCUT2D eigenvalue weighted by Gasteiger charge is -2.33. The van der Waals surface area contributed by atoms with E-state index in [2.05, 4.69) is 5.32 Å². The molecule has 0 bridgehead atoms. The molecule has 1 aliphatic heterocycles. The van der Waals surface area contributed by atoms with Gasteiger partial charge >= 0.3 is 0 Å². The highest BCUT2D eigenvalue weighted by molar-refractivity contribution is 6.30. The maximum absolute atomic E-state index is 13.6. The van der Waals surface area contributed by atoms with Crippen molar-refractivity contribution in [2.75, 3.05) is 6.54 Å². The van der Waals surface area contributed by atoms with Crippen molar-refractivity contribution in [3.63, 3.8) is 0 Å². The number of carbonyl (C=O) groups is 4. The quantitative estimate of drug-likeness (QED) is 0.395. The van der Waals surface area contributed by atoms with Crippen LogP contribution in [0.2, 0.25) is 5.02 Å². The number of amides is 4. The highest BCUT2D eigenvalue weighted by Crippen LogP contribution is 2.35. The van der Waals surface area contributed by atoms with Crippen LogP contribution in [0.15, 0.2) is 36.4 Å². The number of halogens is 1. The van der Waals surface area contributed by atoms with Gasteiger partial charge in [0.25, 0.3) is 0 Å². The Morgan fingerprint density at radius 1 is 1.03 bits per heavy atom. The Labute approximate surface area is 218 Å². The van der Waals surface area contributed by atoms with Gasteiger partial charge in [0.15, 0.2) is 0 Å². The van der Waals surface area contributed by atoms with Crippen LogP contribution in [0.5, 0.6) is 0 Å². The standard InChI is InChI=1S/C28H36ClN3O4/c1-2-24(26(34)30-21-8-4-3-5-9-21)32(18-19-12-14-20(29)15-13-19)25(33)16-17-31-27(35)22-10-6-7-11-23(22)28(31)36/h6-7,12-15,21-24H,2-5,8-11,16-18H2,1H3,(H,30,34)/t22-,23+,24?. The fraction of sp³-hybridized carbons (Fsp3) is 0.571. The summed E-state index contributed by atoms with van der Waals surface area (Å²) in [7, 11) is 0. The van der Waals surface area contributed by atoms with Crippen molar-refractivity contribution in [3.8, 4) is 0 Å². The van der Waals surface area contributed by atoms with Crippen LogP contribution in [0.3, 0.4) is 0 Å². The first-order chi connectivity index (χ1) is 17.4. The first-order valence-corrected chi connectivity index (χ1v) is 13.6. The fourth-order valence-electron chi connectivity index (χ4n) is 5.69. The van der Waals surface area contributed by atoms with E-state index < -0.39 is 6.04 Å². The predicted molar refractivity (Wildman–Crippen MR) is 138 cm³/mol. The second-order valence-corrected chi connectivity index (χ2v) is 10.6. The topological polar surface area (TPSA) is 86.8 Å². The number of carbonyl (C=O) groups excluding carboxylic acids is 4. The van der Waals surface area contributed by atoms with Crippen LogP contribution in [0.4, 0.5) is 0 Å². The molecular weight excluding hydrogens is 478 g/mol. The summed E-state index contributed by atoms with van der Waals surface area (Å²) in [6.07, 6.45) is 10.8. The molecule has 4 rings (SSSR count). The highest BCUT2D eigenvalue weighted by atomic mass is 35.5. The third kappa shape index (κ3) is 6.00. The average molecular weight is 514 g/mol. The Morgan fingerprint density at radius 2 is 1.64 bits per heavy atom. The Kier molecular flexibility index (Phi) is 8.83. The van der Waals surface area contributed by atoms with Gasteiger partial charge in [-0.1, -0.05) is 62.1 Å². The summed E-state index contributed by atoms with van der Waals surface area (Å²) >= 11 is 6.04. The lowest BCUT2D eigenvalue weighted by molar-refractivity contribution is -0.144. The Morgan fingerprint density at radius 3 is 2.22 bits per heavy atom. The Balaban J connectivity index is 1.47. The van der Waals surface area contributed by atoms with Crippen LogP contribution in [-0.2, 0) is 25.7 Å². The van der Waals surface area contributed by atoms with E-state index in [1.807, 2.05) is 31.2 Å². The average Bonchev–Trinajstić information content (AvgIpc) is 3.13. The van der Waals surface area contributed by atoms with Gasteiger partial charge in [-0.2, -0.15) is 0 Å². The van der Waals surface area contributed by atoms with Crippen LogP contribution in [-0.4, -0.2) is 52.1 Å². The van der Waals surface area contributed by atoms with E-state index >= 15 is 0 Å². The molecule has 1 heterocycles. The minimum atomic E-state index is -0.633. The number of likely N-dealkylation sites (tertiary alicyclic amines) is 1. The summed E-state index contributed by atoms with van der Waals surface area (Å²) < 4.78 is 0. The molecule has 0 aromatic heterocycles. The van der Waals surface area contributed by atoms with E-state index in [9.17, 15) is 19.2 Å². The third-order valence-electron chi connectivity index (χ3n) is 7.75. The molecule has 3 aliphatic rings. The summed E-state index contributed by atoms with van der Waals surface area (Å²) in [5.41, 5.74) is 0.863. The van der Waals surface area contributed by atoms with Gasteiger partial charge in [0.1, 0.15) is 6.04 Å². The normalized spacial score (nSPS) is 22.9. The number of allylic oxidation sites excluding steroid dienone is 2. The summed E-state index contributed by atoms with van der Waals surface area (Å²) in [5.74, 6) is -1.39. The maximum atomic E-state index is 13.6. The SMILES string of the molecule is CCC(C(=O)NC1CCCCC1)N(Cc1ccc(Cl)cc1)C(=O)CCN1C(=O)[C@H]2CC=CC[C@H]2C1=O. The summed E-state index contributed by atoms with van der Waals surface area (Å²) in [4.78, 5) is 55.4. The van der Waals surface area contributed by atoms with Crippen molar-refractivity contribution in [1.29, 1.82) is 0 Å². The summed E-state index contributed by atoms with van der Waals surface area (Å²) in [6, 6.07) is 6.73. The van der Waals surface area contributed by atoms with E-state index in [4.69, 9.17) is 11.6 Å². The van der Waals surface area contributed by atoms with Crippen molar-refractivity contribution in [2.24, 2.45) is 11.8 Å². The molecule has 1 N–H and O–H groups in total. The van der Waals surface area contributed by atoms with Crippen molar-refractivity contribution < 1.29 is 19.2 Å². The van der Waals surface area contributed by atoms with Crippen LogP contribution in [0.25, 0.3) is 0 Å².